The second-order valence-corrected chi connectivity index (χ2v) is 3.09. The number of hydrogen-bond donors (Lipinski definition) is 1. The van der Waals surface area contributed by atoms with Crippen LogP contribution in [0, 0.1) is 0 Å². The zero-order valence-corrected chi connectivity index (χ0v) is 7.82. The van der Waals surface area contributed by atoms with E-state index in [4.69, 9.17) is 10.5 Å². The first-order valence-electron chi connectivity index (χ1n) is 4.49. The molecule has 3 nitrogen and oxygen atoms in total. The van der Waals surface area contributed by atoms with Crippen molar-refractivity contribution in [2.45, 2.75) is 25.4 Å². The van der Waals surface area contributed by atoms with Crippen LogP contribution >= 0.6 is 0 Å². The van der Waals surface area contributed by atoms with Crippen LogP contribution in [-0.2, 0) is 9.53 Å². The molecular weight excluding hydrogens is 166 g/mol. The Morgan fingerprint density at radius 3 is 2.85 bits per heavy atom. The number of carbonyl (C=O) groups is 1. The molecule has 0 radical (unpaired) electrons. The fraction of sp³-hybridized carbons (Fsp3) is 0.500. The molecule has 1 aliphatic rings. The zero-order valence-electron chi connectivity index (χ0n) is 7.82. The summed E-state index contributed by atoms with van der Waals surface area (Å²) in [6.45, 7) is 1.94. The molecule has 72 valence electrons. The van der Waals surface area contributed by atoms with Gasteiger partial charge in [-0.3, -0.25) is 4.79 Å². The maximum absolute atomic E-state index is 11.0. The van der Waals surface area contributed by atoms with Crippen LogP contribution in [-0.4, -0.2) is 18.1 Å². The number of allylic oxidation sites excluding steroid dienone is 2. The highest BCUT2D eigenvalue weighted by molar-refractivity contribution is 5.72. The minimum Gasteiger partial charge on any atom is -0.454 e. The normalized spacial score (nSPS) is 26.0. The lowest BCUT2D eigenvalue weighted by atomic mass is 9.92. The maximum atomic E-state index is 11.0. The predicted molar refractivity (Wildman–Crippen MR) is 51.1 cm³/mol. The summed E-state index contributed by atoms with van der Waals surface area (Å²) in [4.78, 5) is 11.0. The Kier molecular flexibility index (Phi) is 3.25. The Morgan fingerprint density at radius 2 is 2.38 bits per heavy atom. The molecule has 0 saturated heterocycles. The van der Waals surface area contributed by atoms with Crippen LogP contribution in [0.1, 0.15) is 19.8 Å². The number of nitrogens with two attached hydrogens (primary N) is 1. The average molecular weight is 181 g/mol. The smallest absolute Gasteiger partial charge is 0.320 e. The van der Waals surface area contributed by atoms with E-state index in [-0.39, 0.29) is 12.5 Å². The molecule has 3 heteroatoms. The molecule has 0 amide bonds. The Balaban J connectivity index is 2.65. The number of ether oxygens (including phenoxy) is 1. The number of hydrogen-bond acceptors (Lipinski definition) is 3. The fourth-order valence-electron chi connectivity index (χ4n) is 1.32. The number of carbonyl (C=O) groups excluding carboxylic acids is 1. The largest absolute Gasteiger partial charge is 0.454 e. The fourth-order valence-corrected chi connectivity index (χ4v) is 1.32. The third kappa shape index (κ3) is 2.42. The average Bonchev–Trinajstić information content (AvgIpc) is 2.19. The summed E-state index contributed by atoms with van der Waals surface area (Å²) in [7, 11) is 0. The number of rotatable bonds is 3. The van der Waals surface area contributed by atoms with Gasteiger partial charge < -0.3 is 10.5 Å². The van der Waals surface area contributed by atoms with Crippen LogP contribution in [0.2, 0.25) is 0 Å². The van der Waals surface area contributed by atoms with E-state index in [0.29, 0.717) is 0 Å². The summed E-state index contributed by atoms with van der Waals surface area (Å²) >= 11 is 0. The molecule has 0 bridgehead atoms. The zero-order chi connectivity index (χ0) is 9.73. The van der Waals surface area contributed by atoms with Gasteiger partial charge in [0.1, 0.15) is 5.60 Å². The van der Waals surface area contributed by atoms with Gasteiger partial charge in [-0.15, -0.1) is 0 Å². The van der Waals surface area contributed by atoms with Crippen molar-refractivity contribution in [1.82, 2.24) is 0 Å². The van der Waals surface area contributed by atoms with Gasteiger partial charge in [-0.1, -0.05) is 25.2 Å². The first-order chi connectivity index (χ1) is 6.22. The van der Waals surface area contributed by atoms with Gasteiger partial charge in [0.2, 0.25) is 0 Å². The lowest BCUT2D eigenvalue weighted by Crippen LogP contribution is -2.35. The van der Waals surface area contributed by atoms with Gasteiger partial charge in [0.05, 0.1) is 6.54 Å². The van der Waals surface area contributed by atoms with Gasteiger partial charge in [0.25, 0.3) is 0 Å². The molecule has 0 fully saturated rings. The quantitative estimate of drug-likeness (QED) is 0.664. The van der Waals surface area contributed by atoms with Gasteiger partial charge >= 0.3 is 5.97 Å². The second-order valence-electron chi connectivity index (χ2n) is 3.09. The van der Waals surface area contributed by atoms with Gasteiger partial charge in [-0.25, -0.2) is 0 Å². The van der Waals surface area contributed by atoms with Crippen molar-refractivity contribution >= 4 is 5.97 Å². The van der Waals surface area contributed by atoms with Crippen molar-refractivity contribution in [2.24, 2.45) is 5.73 Å². The minimum absolute atomic E-state index is 0.0562. The molecule has 0 aliphatic heterocycles. The molecule has 1 aliphatic carbocycles. The first kappa shape index (κ1) is 9.99. The monoisotopic (exact) mass is 181 g/mol. The van der Waals surface area contributed by atoms with E-state index >= 15 is 0 Å². The summed E-state index contributed by atoms with van der Waals surface area (Å²) in [5.74, 6) is -0.346. The van der Waals surface area contributed by atoms with Crippen molar-refractivity contribution < 1.29 is 9.53 Å². The molecule has 0 saturated carbocycles. The topological polar surface area (TPSA) is 52.3 Å². The van der Waals surface area contributed by atoms with Crippen molar-refractivity contribution in [3.05, 3.63) is 24.3 Å². The van der Waals surface area contributed by atoms with Gasteiger partial charge in [-0.2, -0.15) is 0 Å². The van der Waals surface area contributed by atoms with E-state index in [0.717, 1.165) is 12.8 Å². The van der Waals surface area contributed by atoms with E-state index < -0.39 is 5.60 Å². The summed E-state index contributed by atoms with van der Waals surface area (Å²) < 4.78 is 5.28. The molecule has 1 atom stereocenters. The van der Waals surface area contributed by atoms with Crippen molar-refractivity contribution in [2.75, 3.05) is 6.54 Å². The van der Waals surface area contributed by atoms with Gasteiger partial charge in [0, 0.05) is 6.42 Å². The Morgan fingerprint density at radius 1 is 1.62 bits per heavy atom. The third-order valence-corrected chi connectivity index (χ3v) is 2.19. The molecule has 0 aromatic rings. The van der Waals surface area contributed by atoms with E-state index in [2.05, 4.69) is 0 Å². The molecule has 2 N–H and O–H groups in total. The van der Waals surface area contributed by atoms with E-state index in [1.807, 2.05) is 31.2 Å². The molecule has 1 rings (SSSR count). The van der Waals surface area contributed by atoms with E-state index in [1.54, 1.807) is 0 Å². The first-order valence-corrected chi connectivity index (χ1v) is 4.49. The molecular formula is C10H15NO2. The van der Waals surface area contributed by atoms with Crippen LogP contribution in [0.5, 0.6) is 0 Å². The van der Waals surface area contributed by atoms with Crippen LogP contribution in [0.4, 0.5) is 0 Å². The van der Waals surface area contributed by atoms with Gasteiger partial charge in [0.15, 0.2) is 0 Å². The van der Waals surface area contributed by atoms with Crippen LogP contribution in [0.3, 0.4) is 0 Å². The lowest BCUT2D eigenvalue weighted by Gasteiger charge is -2.29. The Bertz CT molecular complexity index is 245. The van der Waals surface area contributed by atoms with E-state index in [1.165, 1.54) is 0 Å². The molecule has 0 heterocycles. The van der Waals surface area contributed by atoms with Crippen LogP contribution in [0.25, 0.3) is 0 Å². The van der Waals surface area contributed by atoms with Crippen molar-refractivity contribution in [1.29, 1.82) is 0 Å². The summed E-state index contributed by atoms with van der Waals surface area (Å²) in [6.07, 6.45) is 9.28. The Labute approximate surface area is 78.3 Å². The summed E-state index contributed by atoms with van der Waals surface area (Å²) in [5.41, 5.74) is 4.73. The van der Waals surface area contributed by atoms with Crippen LogP contribution < -0.4 is 5.73 Å². The van der Waals surface area contributed by atoms with Crippen molar-refractivity contribution in [3.8, 4) is 0 Å². The highest BCUT2D eigenvalue weighted by Gasteiger charge is 2.28. The summed E-state index contributed by atoms with van der Waals surface area (Å²) in [5, 5.41) is 0. The third-order valence-electron chi connectivity index (χ3n) is 2.19. The summed E-state index contributed by atoms with van der Waals surface area (Å²) in [6, 6.07) is 0. The predicted octanol–water partition coefficient (Wildman–Crippen LogP) is 1.15. The molecule has 13 heavy (non-hydrogen) atoms. The minimum atomic E-state index is -0.453. The molecule has 0 aromatic heterocycles. The molecule has 0 aromatic carbocycles. The van der Waals surface area contributed by atoms with Gasteiger partial charge in [-0.05, 0) is 12.5 Å². The highest BCUT2D eigenvalue weighted by Crippen LogP contribution is 2.25. The molecule has 1 unspecified atom stereocenters. The SMILES string of the molecule is CCC1(OC(=O)CN)C=CC=CC1. The number of esters is 1. The lowest BCUT2D eigenvalue weighted by molar-refractivity contribution is -0.153. The Hall–Kier alpha value is -1.09. The second kappa shape index (κ2) is 4.23. The molecule has 0 spiro atoms. The van der Waals surface area contributed by atoms with E-state index in [9.17, 15) is 4.79 Å². The van der Waals surface area contributed by atoms with Crippen LogP contribution in [0.15, 0.2) is 24.3 Å². The van der Waals surface area contributed by atoms with Crippen molar-refractivity contribution in [3.63, 3.8) is 0 Å². The maximum Gasteiger partial charge on any atom is 0.320 e. The highest BCUT2D eigenvalue weighted by atomic mass is 16.6. The standard InChI is InChI=1S/C10H15NO2/c1-2-10(13-9(12)8-11)6-4-3-5-7-10/h3-6H,2,7-8,11H2,1H3.